The number of hydrogen-bond donors (Lipinski definition) is 1. The molecule has 2 rings (SSSR count). The van der Waals surface area contributed by atoms with Crippen molar-refractivity contribution in [1.82, 2.24) is 25.1 Å². The lowest BCUT2D eigenvalue weighted by molar-refractivity contribution is 0.230. The lowest BCUT2D eigenvalue weighted by Crippen LogP contribution is -2.27. The summed E-state index contributed by atoms with van der Waals surface area (Å²) in [6.45, 7) is 3.91. The summed E-state index contributed by atoms with van der Waals surface area (Å²) in [4.78, 5) is 13.1. The molecule has 0 aliphatic carbocycles. The molecule has 0 unspecified atom stereocenters. The number of nitrogens with zero attached hydrogens (tertiary/aromatic N) is 5. The van der Waals surface area contributed by atoms with E-state index in [1.54, 1.807) is 43.0 Å². The first-order valence-electron chi connectivity index (χ1n) is 6.51. The number of rotatable bonds is 4. The van der Waals surface area contributed by atoms with Gasteiger partial charge in [-0.2, -0.15) is 4.68 Å². The van der Waals surface area contributed by atoms with Crippen molar-refractivity contribution in [3.05, 3.63) is 24.3 Å². The second-order valence-corrected chi connectivity index (χ2v) is 4.95. The third-order valence-corrected chi connectivity index (χ3v) is 2.65. The van der Waals surface area contributed by atoms with E-state index in [0.717, 1.165) is 0 Å². The Morgan fingerprint density at radius 1 is 1.38 bits per heavy atom. The predicted octanol–water partition coefficient (Wildman–Crippen LogP) is 2.14. The minimum Gasteiger partial charge on any atom is -0.423 e. The van der Waals surface area contributed by atoms with Gasteiger partial charge in [0.1, 0.15) is 5.75 Å². The summed E-state index contributed by atoms with van der Waals surface area (Å²) in [6, 6.07) is 7.22. The molecule has 0 saturated heterocycles. The minimum atomic E-state index is -0.209. The highest BCUT2D eigenvalue weighted by Crippen LogP contribution is 2.23. The Balaban J connectivity index is 2.14. The van der Waals surface area contributed by atoms with E-state index in [4.69, 9.17) is 4.74 Å². The maximum absolute atomic E-state index is 11.6. The van der Waals surface area contributed by atoms with E-state index in [-0.39, 0.29) is 12.1 Å². The maximum Gasteiger partial charge on any atom is 0.341 e. The molecule has 0 aliphatic rings. The van der Waals surface area contributed by atoms with Crippen molar-refractivity contribution in [1.29, 1.82) is 0 Å². The molecule has 112 valence electrons. The molecule has 2 amide bonds. The van der Waals surface area contributed by atoms with Gasteiger partial charge in [0.2, 0.25) is 0 Å². The molecule has 1 aromatic heterocycles. The van der Waals surface area contributed by atoms with Crippen LogP contribution in [0.25, 0.3) is 0 Å². The van der Waals surface area contributed by atoms with Gasteiger partial charge in [-0.25, -0.2) is 4.79 Å². The fraction of sp³-hybridized carbons (Fsp3) is 0.385. The zero-order chi connectivity index (χ0) is 15.4. The molecule has 8 heteroatoms. The molecular formula is C13H18N6O2. The topological polar surface area (TPSA) is 85.2 Å². The molecule has 0 fully saturated rings. The summed E-state index contributed by atoms with van der Waals surface area (Å²) in [5.74, 6) is 0.545. The fourth-order valence-electron chi connectivity index (χ4n) is 1.55. The van der Waals surface area contributed by atoms with E-state index in [0.29, 0.717) is 17.4 Å². The molecule has 1 heterocycles. The van der Waals surface area contributed by atoms with Crippen molar-refractivity contribution in [3.8, 4) is 11.8 Å². The Hall–Kier alpha value is -2.64. The fourth-order valence-corrected chi connectivity index (χ4v) is 1.55. The van der Waals surface area contributed by atoms with Crippen LogP contribution in [0.4, 0.5) is 10.5 Å². The van der Waals surface area contributed by atoms with Crippen LogP contribution in [0.15, 0.2) is 24.3 Å². The summed E-state index contributed by atoms with van der Waals surface area (Å²) < 4.78 is 7.23. The number of carbonyl (C=O) groups excluding carboxylic acids is 1. The zero-order valence-corrected chi connectivity index (χ0v) is 12.4. The van der Waals surface area contributed by atoms with Crippen LogP contribution < -0.4 is 10.1 Å². The van der Waals surface area contributed by atoms with Crippen molar-refractivity contribution in [2.75, 3.05) is 19.4 Å². The molecule has 0 saturated carbocycles. The predicted molar refractivity (Wildman–Crippen MR) is 77.4 cm³/mol. The number of benzene rings is 1. The van der Waals surface area contributed by atoms with E-state index in [2.05, 4.69) is 20.8 Å². The molecule has 0 radical (unpaired) electrons. The summed E-state index contributed by atoms with van der Waals surface area (Å²) in [7, 11) is 3.35. The van der Waals surface area contributed by atoms with Gasteiger partial charge >= 0.3 is 12.0 Å². The second kappa shape index (κ2) is 6.21. The quantitative estimate of drug-likeness (QED) is 0.932. The van der Waals surface area contributed by atoms with Crippen molar-refractivity contribution >= 4 is 11.7 Å². The number of hydrogen-bond acceptors (Lipinski definition) is 5. The van der Waals surface area contributed by atoms with Crippen molar-refractivity contribution in [2.45, 2.75) is 19.9 Å². The molecule has 1 aromatic carbocycles. The standard InChI is InChI=1S/C13H18N6O2/c1-9(2)19-13(15-16-17-19)21-11-7-5-6-10(8-11)14-12(20)18(3)4/h5-9H,1-4H3,(H,14,20). The third kappa shape index (κ3) is 3.68. The number of anilines is 1. The summed E-state index contributed by atoms with van der Waals surface area (Å²) >= 11 is 0. The summed E-state index contributed by atoms with van der Waals surface area (Å²) in [6.07, 6.45) is 0. The highest BCUT2D eigenvalue weighted by molar-refractivity contribution is 5.89. The van der Waals surface area contributed by atoms with Crippen LogP contribution in [0.2, 0.25) is 0 Å². The Kier molecular flexibility index (Phi) is 4.36. The van der Waals surface area contributed by atoms with E-state index < -0.39 is 0 Å². The molecule has 0 bridgehead atoms. The summed E-state index contributed by atoms with van der Waals surface area (Å²) in [5.41, 5.74) is 0.634. The van der Waals surface area contributed by atoms with Gasteiger partial charge in [-0.05, 0) is 36.4 Å². The number of ether oxygens (including phenoxy) is 1. The molecule has 8 nitrogen and oxygen atoms in total. The third-order valence-electron chi connectivity index (χ3n) is 2.65. The van der Waals surface area contributed by atoms with Crippen LogP contribution in [0.1, 0.15) is 19.9 Å². The normalized spacial score (nSPS) is 10.5. The van der Waals surface area contributed by atoms with Gasteiger partial charge in [0.15, 0.2) is 0 Å². The highest BCUT2D eigenvalue weighted by atomic mass is 16.5. The monoisotopic (exact) mass is 290 g/mol. The number of nitrogens with one attached hydrogen (secondary N) is 1. The van der Waals surface area contributed by atoms with E-state index in [1.165, 1.54) is 4.90 Å². The largest absolute Gasteiger partial charge is 0.423 e. The van der Waals surface area contributed by atoms with Crippen molar-refractivity contribution < 1.29 is 9.53 Å². The van der Waals surface area contributed by atoms with Gasteiger partial charge in [0.25, 0.3) is 0 Å². The number of urea groups is 1. The molecule has 0 aliphatic heterocycles. The van der Waals surface area contributed by atoms with Gasteiger partial charge in [0, 0.05) is 25.8 Å². The van der Waals surface area contributed by atoms with Crippen LogP contribution in [-0.2, 0) is 0 Å². The van der Waals surface area contributed by atoms with Gasteiger partial charge in [-0.3, -0.25) is 0 Å². The van der Waals surface area contributed by atoms with Crippen LogP contribution in [0.5, 0.6) is 11.8 Å². The Labute approximate surface area is 122 Å². The molecule has 21 heavy (non-hydrogen) atoms. The lowest BCUT2D eigenvalue weighted by atomic mass is 10.3. The van der Waals surface area contributed by atoms with E-state index >= 15 is 0 Å². The number of amides is 2. The smallest absolute Gasteiger partial charge is 0.341 e. The van der Waals surface area contributed by atoms with Gasteiger partial charge in [-0.1, -0.05) is 11.2 Å². The average molecular weight is 290 g/mol. The van der Waals surface area contributed by atoms with Gasteiger partial charge in [0.05, 0.1) is 6.04 Å². The van der Waals surface area contributed by atoms with Gasteiger partial charge in [-0.15, -0.1) is 0 Å². The van der Waals surface area contributed by atoms with Crippen LogP contribution >= 0.6 is 0 Å². The number of aromatic nitrogens is 4. The second-order valence-electron chi connectivity index (χ2n) is 4.95. The van der Waals surface area contributed by atoms with Crippen LogP contribution in [0.3, 0.4) is 0 Å². The summed E-state index contributed by atoms with van der Waals surface area (Å²) in [5, 5.41) is 14.0. The maximum atomic E-state index is 11.6. The first-order chi connectivity index (χ1) is 9.97. The zero-order valence-electron chi connectivity index (χ0n) is 12.4. The van der Waals surface area contributed by atoms with E-state index in [1.807, 2.05) is 13.8 Å². The molecule has 0 spiro atoms. The van der Waals surface area contributed by atoms with Crippen molar-refractivity contribution in [2.24, 2.45) is 0 Å². The van der Waals surface area contributed by atoms with Crippen LogP contribution in [0, 0.1) is 0 Å². The first kappa shape index (κ1) is 14.8. The Morgan fingerprint density at radius 2 is 2.14 bits per heavy atom. The SMILES string of the molecule is CC(C)n1nnnc1Oc1cccc(NC(=O)N(C)C)c1. The molecular weight excluding hydrogens is 272 g/mol. The molecule has 1 N–H and O–H groups in total. The van der Waals surface area contributed by atoms with Gasteiger partial charge < -0.3 is 15.0 Å². The minimum absolute atomic E-state index is 0.0895. The highest BCUT2D eigenvalue weighted by Gasteiger charge is 2.12. The lowest BCUT2D eigenvalue weighted by Gasteiger charge is -2.13. The number of carbonyl (C=O) groups is 1. The molecule has 0 atom stereocenters. The first-order valence-corrected chi connectivity index (χ1v) is 6.51. The average Bonchev–Trinajstić information content (AvgIpc) is 2.87. The molecule has 2 aromatic rings. The Bertz CT molecular complexity index is 623. The van der Waals surface area contributed by atoms with Crippen molar-refractivity contribution in [3.63, 3.8) is 0 Å². The Morgan fingerprint density at radius 3 is 2.81 bits per heavy atom. The van der Waals surface area contributed by atoms with E-state index in [9.17, 15) is 4.79 Å². The number of tetrazole rings is 1. The van der Waals surface area contributed by atoms with Crippen LogP contribution in [-0.4, -0.2) is 45.2 Å².